The molecule has 2 aromatic heterocycles. The number of para-hydroxylation sites is 1. The summed E-state index contributed by atoms with van der Waals surface area (Å²) in [4.78, 5) is 20.8. The first-order chi connectivity index (χ1) is 13.4. The number of hydrogen-bond donors (Lipinski definition) is 0. The first-order valence-corrected chi connectivity index (χ1v) is 8.68. The van der Waals surface area contributed by atoms with Crippen LogP contribution in [0.4, 0.5) is 8.78 Å². The minimum absolute atomic E-state index is 0.00374. The van der Waals surface area contributed by atoms with Crippen molar-refractivity contribution in [3.05, 3.63) is 64.3 Å². The zero-order chi connectivity index (χ0) is 19.8. The van der Waals surface area contributed by atoms with E-state index in [2.05, 4.69) is 14.7 Å². The number of carbonyl (C=O) groups is 1. The van der Waals surface area contributed by atoms with E-state index in [0.29, 0.717) is 17.1 Å². The van der Waals surface area contributed by atoms with E-state index in [0.717, 1.165) is 0 Å². The fourth-order valence-electron chi connectivity index (χ4n) is 3.09. The van der Waals surface area contributed by atoms with Crippen LogP contribution in [0.3, 0.4) is 0 Å². The predicted octanol–water partition coefficient (Wildman–Crippen LogP) is 4.75. The van der Waals surface area contributed by atoms with Gasteiger partial charge in [-0.2, -0.15) is 8.78 Å². The highest BCUT2D eigenvalue weighted by atomic mass is 35.5. The number of fused-ring (bicyclic) bond motifs is 1. The molecule has 1 aliphatic heterocycles. The second kappa shape index (κ2) is 7.20. The number of halogens is 3. The second-order valence-corrected chi connectivity index (χ2v) is 6.43. The van der Waals surface area contributed by atoms with Gasteiger partial charge in [-0.3, -0.25) is 0 Å². The highest BCUT2D eigenvalue weighted by molar-refractivity contribution is 6.28. The molecule has 28 heavy (non-hydrogen) atoms. The summed E-state index contributed by atoms with van der Waals surface area (Å²) in [6, 6.07) is 9.68. The number of carbonyl (C=O) groups excluding carboxylic acids is 1. The predicted molar refractivity (Wildman–Crippen MR) is 94.4 cm³/mol. The Bertz CT molecular complexity index is 1050. The van der Waals surface area contributed by atoms with Gasteiger partial charge in [0.1, 0.15) is 34.6 Å². The van der Waals surface area contributed by atoms with Gasteiger partial charge in [-0.1, -0.05) is 18.2 Å². The van der Waals surface area contributed by atoms with Gasteiger partial charge >= 0.3 is 12.6 Å². The third-order valence-corrected chi connectivity index (χ3v) is 4.40. The summed E-state index contributed by atoms with van der Waals surface area (Å²) in [5, 5.41) is -0.0804. The number of benzene rings is 1. The Labute approximate surface area is 163 Å². The smallest absolute Gasteiger partial charge is 0.387 e. The molecular weight excluding hydrogens is 394 g/mol. The minimum Gasteiger partial charge on any atom is -0.460 e. The molecule has 0 bridgehead atoms. The average Bonchev–Trinajstić information content (AvgIpc) is 3.20. The van der Waals surface area contributed by atoms with E-state index in [1.807, 2.05) is 0 Å². The molecule has 3 aromatic rings. The average molecular weight is 407 g/mol. The topological polar surface area (TPSA) is 74.5 Å². The standard InChI is InChI=1S/C19H13ClF2N2O4/c1-9-6-7-12(26-9)15-14-16(24-18(20)23-15)13(27-17(14)25)8-10-4-2-3-5-11(10)28-19(21)22/h2-7,13,19H,8H2,1H3. The quantitative estimate of drug-likeness (QED) is 0.449. The van der Waals surface area contributed by atoms with E-state index >= 15 is 0 Å². The molecule has 0 spiro atoms. The largest absolute Gasteiger partial charge is 0.460 e. The molecule has 9 heteroatoms. The number of hydrogen-bond acceptors (Lipinski definition) is 6. The van der Waals surface area contributed by atoms with Crippen molar-refractivity contribution < 1.29 is 27.5 Å². The van der Waals surface area contributed by atoms with E-state index in [9.17, 15) is 13.6 Å². The molecule has 4 rings (SSSR count). The lowest BCUT2D eigenvalue weighted by Gasteiger charge is -2.14. The van der Waals surface area contributed by atoms with Gasteiger partial charge in [-0.15, -0.1) is 0 Å². The first-order valence-electron chi connectivity index (χ1n) is 8.30. The summed E-state index contributed by atoms with van der Waals surface area (Å²) in [5.41, 5.74) is 1.10. The molecule has 0 amide bonds. The molecule has 0 N–H and O–H groups in total. The van der Waals surface area contributed by atoms with Gasteiger partial charge in [0.2, 0.25) is 5.28 Å². The van der Waals surface area contributed by atoms with Gasteiger partial charge < -0.3 is 13.9 Å². The second-order valence-electron chi connectivity index (χ2n) is 6.10. The molecule has 1 aromatic carbocycles. The Kier molecular flexibility index (Phi) is 4.72. The number of rotatable bonds is 5. The van der Waals surface area contributed by atoms with Crippen molar-refractivity contribution in [1.82, 2.24) is 9.97 Å². The molecule has 0 fully saturated rings. The lowest BCUT2D eigenvalue weighted by Crippen LogP contribution is -2.08. The Balaban J connectivity index is 1.73. The van der Waals surface area contributed by atoms with Crippen LogP contribution in [0, 0.1) is 6.92 Å². The van der Waals surface area contributed by atoms with Crippen molar-refractivity contribution in [3.8, 4) is 17.2 Å². The number of alkyl halides is 2. The van der Waals surface area contributed by atoms with Crippen LogP contribution in [0.2, 0.25) is 5.28 Å². The number of furan rings is 1. The third-order valence-electron chi connectivity index (χ3n) is 4.24. The summed E-state index contributed by atoms with van der Waals surface area (Å²) in [5.74, 6) is 0.369. The number of ether oxygens (including phenoxy) is 2. The van der Waals surface area contributed by atoms with Crippen molar-refractivity contribution in [3.63, 3.8) is 0 Å². The molecule has 6 nitrogen and oxygen atoms in total. The van der Waals surface area contributed by atoms with Crippen molar-refractivity contribution >= 4 is 17.6 Å². The molecule has 1 aliphatic rings. The van der Waals surface area contributed by atoms with E-state index in [-0.39, 0.29) is 34.4 Å². The van der Waals surface area contributed by atoms with Crippen LogP contribution in [0.25, 0.3) is 11.5 Å². The van der Waals surface area contributed by atoms with Crippen LogP contribution in [-0.2, 0) is 11.2 Å². The van der Waals surface area contributed by atoms with Crippen LogP contribution in [0.15, 0.2) is 40.8 Å². The Morgan fingerprint density at radius 2 is 2.00 bits per heavy atom. The van der Waals surface area contributed by atoms with E-state index in [4.69, 9.17) is 20.8 Å². The Morgan fingerprint density at radius 1 is 1.21 bits per heavy atom. The van der Waals surface area contributed by atoms with Gasteiger partial charge in [0, 0.05) is 6.42 Å². The number of cyclic esters (lactones) is 1. The summed E-state index contributed by atoms with van der Waals surface area (Å²) in [7, 11) is 0. The molecule has 0 radical (unpaired) electrons. The fourth-order valence-corrected chi connectivity index (χ4v) is 3.27. The molecule has 0 saturated carbocycles. The minimum atomic E-state index is -2.97. The van der Waals surface area contributed by atoms with Crippen LogP contribution < -0.4 is 4.74 Å². The molecule has 0 aliphatic carbocycles. The van der Waals surface area contributed by atoms with Crippen LogP contribution in [0.1, 0.15) is 33.5 Å². The molecule has 1 atom stereocenters. The van der Waals surface area contributed by atoms with E-state index in [1.165, 1.54) is 6.07 Å². The van der Waals surface area contributed by atoms with Gasteiger partial charge in [0.25, 0.3) is 0 Å². The lowest BCUT2D eigenvalue weighted by molar-refractivity contribution is -0.0508. The maximum absolute atomic E-state index is 12.7. The van der Waals surface area contributed by atoms with Gasteiger partial charge in [-0.25, -0.2) is 14.8 Å². The van der Waals surface area contributed by atoms with E-state index in [1.54, 1.807) is 37.3 Å². The van der Waals surface area contributed by atoms with Crippen LogP contribution >= 0.6 is 11.6 Å². The van der Waals surface area contributed by atoms with Gasteiger partial charge in [0.15, 0.2) is 5.76 Å². The lowest BCUT2D eigenvalue weighted by atomic mass is 10.0. The normalized spacial score (nSPS) is 15.6. The number of esters is 1. The molecule has 144 valence electrons. The summed E-state index contributed by atoms with van der Waals surface area (Å²) in [6.45, 7) is -1.21. The zero-order valence-electron chi connectivity index (χ0n) is 14.5. The molecular formula is C19H13ClF2N2O4. The number of nitrogens with zero attached hydrogens (tertiary/aromatic N) is 2. The molecule has 1 unspecified atom stereocenters. The monoisotopic (exact) mass is 406 g/mol. The summed E-state index contributed by atoms with van der Waals surface area (Å²) < 4.78 is 40.8. The van der Waals surface area contributed by atoms with Crippen molar-refractivity contribution in [2.45, 2.75) is 26.1 Å². The van der Waals surface area contributed by atoms with Gasteiger partial charge in [-0.05, 0) is 42.3 Å². The number of aryl methyl sites for hydroxylation is 1. The zero-order valence-corrected chi connectivity index (χ0v) is 15.2. The van der Waals surface area contributed by atoms with Crippen LogP contribution in [-0.4, -0.2) is 22.5 Å². The van der Waals surface area contributed by atoms with Gasteiger partial charge in [0.05, 0.1) is 0 Å². The van der Waals surface area contributed by atoms with Crippen molar-refractivity contribution in [2.75, 3.05) is 0 Å². The Hall–Kier alpha value is -3.00. The van der Waals surface area contributed by atoms with Crippen molar-refractivity contribution in [1.29, 1.82) is 0 Å². The Morgan fingerprint density at radius 3 is 2.71 bits per heavy atom. The summed E-state index contributed by atoms with van der Waals surface area (Å²) >= 11 is 6.05. The van der Waals surface area contributed by atoms with E-state index < -0.39 is 18.7 Å². The SMILES string of the molecule is Cc1ccc(-c2nc(Cl)nc3c2C(=O)OC3Cc2ccccc2OC(F)F)o1. The molecule has 0 saturated heterocycles. The summed E-state index contributed by atoms with van der Waals surface area (Å²) in [6.07, 6.45) is -0.730. The highest BCUT2D eigenvalue weighted by Crippen LogP contribution is 2.39. The maximum atomic E-state index is 12.7. The first kappa shape index (κ1) is 18.4. The molecule has 3 heterocycles. The maximum Gasteiger partial charge on any atom is 0.387 e. The van der Waals surface area contributed by atoms with Crippen LogP contribution in [0.5, 0.6) is 5.75 Å². The van der Waals surface area contributed by atoms with Crippen molar-refractivity contribution in [2.24, 2.45) is 0 Å². The fraction of sp³-hybridized carbons (Fsp3) is 0.211. The third kappa shape index (κ3) is 3.43. The highest BCUT2D eigenvalue weighted by Gasteiger charge is 2.38. The number of aromatic nitrogens is 2.